The third-order valence-corrected chi connectivity index (χ3v) is 4.63. The molecule has 4 atom stereocenters. The highest BCUT2D eigenvalue weighted by Gasteiger charge is 2.56. The van der Waals surface area contributed by atoms with Gasteiger partial charge in [0.15, 0.2) is 11.6 Å². The Kier molecular flexibility index (Phi) is 4.14. The Morgan fingerprint density at radius 1 is 1.29 bits per heavy atom. The molecular formula is C16H20O5. The van der Waals surface area contributed by atoms with Gasteiger partial charge in [-0.3, -0.25) is 14.4 Å². The average molecular weight is 292 g/mol. The monoisotopic (exact) mass is 292 g/mol. The van der Waals surface area contributed by atoms with Crippen molar-refractivity contribution in [3.8, 4) is 0 Å². The molecule has 0 bridgehead atoms. The lowest BCUT2D eigenvalue weighted by molar-refractivity contribution is -0.150. The fourth-order valence-electron chi connectivity index (χ4n) is 3.39. The molecule has 114 valence electrons. The first-order valence-electron chi connectivity index (χ1n) is 6.91. The number of ether oxygens (including phenoxy) is 2. The van der Waals surface area contributed by atoms with Crippen LogP contribution in [0.25, 0.3) is 0 Å². The van der Waals surface area contributed by atoms with Gasteiger partial charge in [0.2, 0.25) is 0 Å². The van der Waals surface area contributed by atoms with Crippen molar-refractivity contribution in [2.45, 2.75) is 26.4 Å². The van der Waals surface area contributed by atoms with E-state index < -0.39 is 23.4 Å². The van der Waals surface area contributed by atoms with Crippen molar-refractivity contribution in [1.29, 1.82) is 0 Å². The van der Waals surface area contributed by atoms with Crippen LogP contribution in [-0.2, 0) is 23.9 Å². The summed E-state index contributed by atoms with van der Waals surface area (Å²) in [5, 5.41) is 0. The van der Waals surface area contributed by atoms with Crippen LogP contribution >= 0.6 is 0 Å². The predicted octanol–water partition coefficient (Wildman–Crippen LogP) is 1.47. The van der Waals surface area contributed by atoms with Crippen LogP contribution in [0.15, 0.2) is 23.8 Å². The minimum atomic E-state index is -0.973. The zero-order valence-corrected chi connectivity index (χ0v) is 12.7. The summed E-state index contributed by atoms with van der Waals surface area (Å²) < 4.78 is 10.1. The van der Waals surface area contributed by atoms with E-state index in [4.69, 9.17) is 9.47 Å². The molecule has 0 spiro atoms. The van der Waals surface area contributed by atoms with E-state index in [1.54, 1.807) is 26.0 Å². The largest absolute Gasteiger partial charge is 0.469 e. The molecule has 0 aromatic carbocycles. The molecule has 2 aliphatic rings. The Morgan fingerprint density at radius 2 is 1.95 bits per heavy atom. The predicted molar refractivity (Wildman–Crippen MR) is 75.4 cm³/mol. The van der Waals surface area contributed by atoms with E-state index in [1.807, 2.05) is 0 Å². The number of carbonyl (C=O) groups is 3. The number of ketones is 2. The van der Waals surface area contributed by atoms with Crippen molar-refractivity contribution >= 4 is 17.5 Å². The van der Waals surface area contributed by atoms with Crippen LogP contribution in [0.3, 0.4) is 0 Å². The summed E-state index contributed by atoms with van der Waals surface area (Å²) in [7, 11) is 2.83. The van der Waals surface area contributed by atoms with Crippen LogP contribution in [0.5, 0.6) is 0 Å². The quantitative estimate of drug-likeness (QED) is 0.582. The molecule has 21 heavy (non-hydrogen) atoms. The number of carbonyl (C=O) groups excluding carboxylic acids is 3. The highest BCUT2D eigenvalue weighted by Crippen LogP contribution is 2.48. The summed E-state index contributed by atoms with van der Waals surface area (Å²) in [6.45, 7) is 3.37. The standard InChI is InChI=1S/C16H20O5/c1-9-7-11(17)16(2)12(20-3)6-5-10(8-13(18)21-4)14(16)15(9)19/h5-7,10,12,14H,8H2,1-4H3/t10-,12-,14-,16-/m1/s1. The van der Waals surface area contributed by atoms with Gasteiger partial charge in [-0.1, -0.05) is 12.2 Å². The van der Waals surface area contributed by atoms with E-state index in [0.29, 0.717) is 5.57 Å². The first kappa shape index (κ1) is 15.6. The van der Waals surface area contributed by atoms with Gasteiger partial charge in [0.1, 0.15) is 0 Å². The van der Waals surface area contributed by atoms with Crippen LogP contribution in [0.2, 0.25) is 0 Å². The molecule has 2 aliphatic carbocycles. The minimum absolute atomic E-state index is 0.0794. The number of fused-ring (bicyclic) bond motifs is 1. The molecular weight excluding hydrogens is 272 g/mol. The zero-order valence-electron chi connectivity index (χ0n) is 12.7. The van der Waals surface area contributed by atoms with Gasteiger partial charge in [0, 0.05) is 13.0 Å². The molecule has 0 aliphatic heterocycles. The molecule has 5 heteroatoms. The summed E-state index contributed by atoms with van der Waals surface area (Å²) >= 11 is 0. The van der Waals surface area contributed by atoms with Gasteiger partial charge < -0.3 is 9.47 Å². The van der Waals surface area contributed by atoms with Crippen LogP contribution in [0, 0.1) is 17.3 Å². The van der Waals surface area contributed by atoms with Crippen molar-refractivity contribution in [3.63, 3.8) is 0 Å². The van der Waals surface area contributed by atoms with Crippen molar-refractivity contribution < 1.29 is 23.9 Å². The van der Waals surface area contributed by atoms with E-state index >= 15 is 0 Å². The fourth-order valence-corrected chi connectivity index (χ4v) is 3.39. The molecule has 2 rings (SSSR count). The molecule has 0 fully saturated rings. The van der Waals surface area contributed by atoms with Crippen LogP contribution < -0.4 is 0 Å². The molecule has 0 N–H and O–H groups in total. The van der Waals surface area contributed by atoms with E-state index in [-0.39, 0.29) is 23.9 Å². The maximum Gasteiger partial charge on any atom is 0.306 e. The lowest BCUT2D eigenvalue weighted by Crippen LogP contribution is -2.55. The summed E-state index contributed by atoms with van der Waals surface area (Å²) in [5.41, 5.74) is -0.541. The van der Waals surface area contributed by atoms with Crippen molar-refractivity contribution in [1.82, 2.24) is 0 Å². The van der Waals surface area contributed by atoms with Crippen LogP contribution in [-0.4, -0.2) is 37.9 Å². The van der Waals surface area contributed by atoms with Gasteiger partial charge in [-0.05, 0) is 31.4 Å². The molecule has 0 saturated heterocycles. The van der Waals surface area contributed by atoms with Crippen molar-refractivity contribution in [3.05, 3.63) is 23.8 Å². The number of hydrogen-bond acceptors (Lipinski definition) is 5. The fraction of sp³-hybridized carbons (Fsp3) is 0.562. The van der Waals surface area contributed by atoms with Crippen LogP contribution in [0.1, 0.15) is 20.3 Å². The third kappa shape index (κ3) is 2.35. The van der Waals surface area contributed by atoms with Gasteiger partial charge >= 0.3 is 5.97 Å². The normalized spacial score (nSPS) is 35.2. The molecule has 0 aromatic rings. The zero-order chi connectivity index (χ0) is 15.8. The molecule has 0 saturated carbocycles. The first-order valence-corrected chi connectivity index (χ1v) is 6.91. The maximum absolute atomic E-state index is 12.6. The Balaban J connectivity index is 2.49. The van der Waals surface area contributed by atoms with Gasteiger partial charge in [-0.25, -0.2) is 0 Å². The minimum Gasteiger partial charge on any atom is -0.469 e. The number of allylic oxidation sites excluding steroid dienone is 3. The number of Topliss-reactive ketones (excluding diaryl/α,β-unsaturated/α-hetero) is 1. The Hall–Kier alpha value is -1.75. The topological polar surface area (TPSA) is 69.7 Å². The van der Waals surface area contributed by atoms with E-state index in [0.717, 1.165) is 0 Å². The van der Waals surface area contributed by atoms with Crippen molar-refractivity contribution in [2.75, 3.05) is 14.2 Å². The summed E-state index contributed by atoms with van der Waals surface area (Å²) in [4.78, 5) is 36.7. The van der Waals surface area contributed by atoms with Gasteiger partial charge in [-0.15, -0.1) is 0 Å². The second-order valence-corrected chi connectivity index (χ2v) is 5.80. The molecule has 0 aromatic heterocycles. The van der Waals surface area contributed by atoms with E-state index in [2.05, 4.69) is 0 Å². The average Bonchev–Trinajstić information content (AvgIpc) is 2.45. The third-order valence-electron chi connectivity index (χ3n) is 4.63. The number of hydrogen-bond donors (Lipinski definition) is 0. The van der Waals surface area contributed by atoms with E-state index in [9.17, 15) is 14.4 Å². The smallest absolute Gasteiger partial charge is 0.306 e. The van der Waals surface area contributed by atoms with Gasteiger partial charge in [-0.2, -0.15) is 0 Å². The number of methoxy groups -OCH3 is 2. The lowest BCUT2D eigenvalue weighted by atomic mass is 9.56. The molecule has 0 heterocycles. The second kappa shape index (κ2) is 5.56. The van der Waals surface area contributed by atoms with Crippen molar-refractivity contribution in [2.24, 2.45) is 17.3 Å². The number of esters is 1. The maximum atomic E-state index is 12.6. The summed E-state index contributed by atoms with van der Waals surface area (Å²) in [5.74, 6) is -1.57. The van der Waals surface area contributed by atoms with Gasteiger partial charge in [0.25, 0.3) is 0 Å². The summed E-state index contributed by atoms with van der Waals surface area (Å²) in [6.07, 6.45) is 4.55. The second-order valence-electron chi connectivity index (χ2n) is 5.80. The molecule has 0 amide bonds. The molecule has 0 radical (unpaired) electrons. The SMILES string of the molecule is COC(=O)C[C@H]1C=C[C@@H](OC)[C@@]2(C)C(=O)C=C(C)C(=O)[C@@H]12. The lowest BCUT2D eigenvalue weighted by Gasteiger charge is -2.46. The van der Waals surface area contributed by atoms with E-state index in [1.165, 1.54) is 20.3 Å². The number of rotatable bonds is 3. The van der Waals surface area contributed by atoms with Crippen LogP contribution in [0.4, 0.5) is 0 Å². The Bertz CT molecular complexity index is 545. The Labute approximate surface area is 124 Å². The molecule has 0 unspecified atom stereocenters. The molecule has 5 nitrogen and oxygen atoms in total. The van der Waals surface area contributed by atoms with Gasteiger partial charge in [0.05, 0.1) is 25.0 Å². The highest BCUT2D eigenvalue weighted by molar-refractivity contribution is 6.13. The Morgan fingerprint density at radius 3 is 2.52 bits per heavy atom. The highest BCUT2D eigenvalue weighted by atomic mass is 16.5. The summed E-state index contributed by atoms with van der Waals surface area (Å²) in [6, 6.07) is 0. The first-order chi connectivity index (χ1) is 9.86.